The van der Waals surface area contributed by atoms with Gasteiger partial charge >= 0.3 is 6.03 Å². The molecule has 2 amide bonds. The second-order valence-corrected chi connectivity index (χ2v) is 6.41. The number of urea groups is 1. The average Bonchev–Trinajstić information content (AvgIpc) is 3.26. The number of carbonyl (C=O) groups excluding carboxylic acids is 1. The van der Waals surface area contributed by atoms with Crippen LogP contribution in [0.5, 0.6) is 0 Å². The number of hydrogen-bond acceptors (Lipinski definition) is 3. The summed E-state index contributed by atoms with van der Waals surface area (Å²) < 4.78 is 5.46. The van der Waals surface area contributed by atoms with E-state index in [1.54, 1.807) is 6.07 Å². The first-order valence-electron chi connectivity index (χ1n) is 8.36. The normalized spacial score (nSPS) is 23.7. The highest BCUT2D eigenvalue weighted by molar-refractivity contribution is 5.74. The molecule has 5 nitrogen and oxygen atoms in total. The van der Waals surface area contributed by atoms with Gasteiger partial charge in [0, 0.05) is 32.8 Å². The van der Waals surface area contributed by atoms with E-state index in [1.807, 2.05) is 23.1 Å². The quantitative estimate of drug-likeness (QED) is 0.926. The summed E-state index contributed by atoms with van der Waals surface area (Å²) >= 11 is 0. The van der Waals surface area contributed by atoms with Crippen molar-refractivity contribution < 1.29 is 9.53 Å². The number of nitrogens with zero attached hydrogens (tertiary/aromatic N) is 2. The van der Waals surface area contributed by atoms with Crippen molar-refractivity contribution in [1.82, 2.24) is 10.2 Å². The minimum Gasteiger partial charge on any atom is -0.381 e. The van der Waals surface area contributed by atoms with Crippen molar-refractivity contribution in [3.05, 3.63) is 35.4 Å². The minimum atomic E-state index is 0.0304. The molecule has 0 aromatic heterocycles. The maximum Gasteiger partial charge on any atom is 0.317 e. The molecule has 2 aliphatic heterocycles. The van der Waals surface area contributed by atoms with E-state index in [9.17, 15) is 4.79 Å². The molecular weight excluding hydrogens is 290 g/mol. The van der Waals surface area contributed by atoms with Gasteiger partial charge in [0.05, 0.1) is 11.6 Å². The molecule has 2 fully saturated rings. The zero-order chi connectivity index (χ0) is 16.1. The molecule has 2 saturated heterocycles. The summed E-state index contributed by atoms with van der Waals surface area (Å²) in [6, 6.07) is 9.70. The number of hydrogen-bond donors (Lipinski definition) is 1. The standard InChI is InChI=1S/C18H23N3O2/c19-11-15-3-1-2-14(10-15)4-7-20-18(22)21-8-5-16(12-21)17-6-9-23-13-17/h1-3,10,16-17H,4-9,12-13H2,(H,20,22)/t16-,17+/m1/s1. The van der Waals surface area contributed by atoms with E-state index in [0.29, 0.717) is 23.9 Å². The maximum atomic E-state index is 12.3. The van der Waals surface area contributed by atoms with Crippen LogP contribution in [0.25, 0.3) is 0 Å². The molecule has 2 atom stereocenters. The SMILES string of the molecule is N#Cc1cccc(CCNC(=O)N2CC[C@@H]([C@H]3CCOC3)C2)c1. The van der Waals surface area contributed by atoms with E-state index in [4.69, 9.17) is 10.00 Å². The Morgan fingerprint density at radius 1 is 1.39 bits per heavy atom. The molecule has 3 rings (SSSR count). The molecule has 1 aromatic carbocycles. The summed E-state index contributed by atoms with van der Waals surface area (Å²) in [6.07, 6.45) is 2.97. The molecule has 0 spiro atoms. The summed E-state index contributed by atoms with van der Waals surface area (Å²) in [5.74, 6) is 1.22. The zero-order valence-corrected chi connectivity index (χ0v) is 13.3. The van der Waals surface area contributed by atoms with Crippen molar-refractivity contribution >= 4 is 6.03 Å². The van der Waals surface area contributed by atoms with Gasteiger partial charge in [-0.1, -0.05) is 12.1 Å². The Bertz CT molecular complexity index is 590. The molecule has 0 aliphatic carbocycles. The minimum absolute atomic E-state index is 0.0304. The highest BCUT2D eigenvalue weighted by Crippen LogP contribution is 2.29. The van der Waals surface area contributed by atoms with Gasteiger partial charge in [-0.2, -0.15) is 5.26 Å². The molecule has 1 aromatic rings. The largest absolute Gasteiger partial charge is 0.381 e. The lowest BCUT2D eigenvalue weighted by Gasteiger charge is -2.19. The van der Waals surface area contributed by atoms with Crippen LogP contribution in [0.3, 0.4) is 0 Å². The first kappa shape index (κ1) is 15.8. The van der Waals surface area contributed by atoms with Gasteiger partial charge in [-0.25, -0.2) is 4.79 Å². The number of rotatable bonds is 4. The molecule has 122 valence electrons. The Morgan fingerprint density at radius 3 is 3.09 bits per heavy atom. The highest BCUT2D eigenvalue weighted by atomic mass is 16.5. The van der Waals surface area contributed by atoms with E-state index < -0.39 is 0 Å². The van der Waals surface area contributed by atoms with Crippen LogP contribution >= 0.6 is 0 Å². The third-order valence-electron chi connectivity index (χ3n) is 4.89. The first-order valence-corrected chi connectivity index (χ1v) is 8.36. The fourth-order valence-electron chi connectivity index (χ4n) is 3.50. The summed E-state index contributed by atoms with van der Waals surface area (Å²) in [7, 11) is 0. The number of ether oxygens (including phenoxy) is 1. The van der Waals surface area contributed by atoms with Crippen LogP contribution in [0.2, 0.25) is 0 Å². The van der Waals surface area contributed by atoms with Gasteiger partial charge in [0.25, 0.3) is 0 Å². The third-order valence-corrected chi connectivity index (χ3v) is 4.89. The molecular formula is C18H23N3O2. The number of amides is 2. The van der Waals surface area contributed by atoms with Crippen LogP contribution in [0, 0.1) is 23.2 Å². The van der Waals surface area contributed by atoms with E-state index in [0.717, 1.165) is 51.1 Å². The summed E-state index contributed by atoms with van der Waals surface area (Å²) in [6.45, 7) is 4.02. The van der Waals surface area contributed by atoms with Crippen LogP contribution < -0.4 is 5.32 Å². The van der Waals surface area contributed by atoms with Crippen LogP contribution in [-0.4, -0.2) is 43.8 Å². The predicted molar refractivity (Wildman–Crippen MR) is 86.9 cm³/mol. The van der Waals surface area contributed by atoms with Crippen LogP contribution in [0.1, 0.15) is 24.0 Å². The lowest BCUT2D eigenvalue weighted by Crippen LogP contribution is -2.39. The van der Waals surface area contributed by atoms with Gasteiger partial charge in [-0.15, -0.1) is 0 Å². The van der Waals surface area contributed by atoms with Crippen molar-refractivity contribution in [2.45, 2.75) is 19.3 Å². The number of nitrogens with one attached hydrogen (secondary N) is 1. The first-order chi connectivity index (χ1) is 11.3. The van der Waals surface area contributed by atoms with Crippen molar-refractivity contribution in [3.8, 4) is 6.07 Å². The van der Waals surface area contributed by atoms with E-state index in [1.165, 1.54) is 0 Å². The Hall–Kier alpha value is -2.06. The lowest BCUT2D eigenvalue weighted by molar-refractivity contribution is 0.170. The number of carbonyl (C=O) groups is 1. The Labute approximate surface area is 137 Å². The van der Waals surface area contributed by atoms with E-state index >= 15 is 0 Å². The highest BCUT2D eigenvalue weighted by Gasteiger charge is 2.33. The van der Waals surface area contributed by atoms with Crippen molar-refractivity contribution in [1.29, 1.82) is 5.26 Å². The number of nitriles is 1. The van der Waals surface area contributed by atoms with Crippen molar-refractivity contribution in [2.24, 2.45) is 11.8 Å². The molecule has 0 saturated carbocycles. The molecule has 2 heterocycles. The maximum absolute atomic E-state index is 12.3. The van der Waals surface area contributed by atoms with Crippen molar-refractivity contribution in [2.75, 3.05) is 32.8 Å². The molecule has 5 heteroatoms. The van der Waals surface area contributed by atoms with Gasteiger partial charge in [0.1, 0.15) is 0 Å². The molecule has 1 N–H and O–H groups in total. The molecule has 23 heavy (non-hydrogen) atoms. The fourth-order valence-corrected chi connectivity index (χ4v) is 3.50. The van der Waals surface area contributed by atoms with Gasteiger partial charge in [-0.05, 0) is 48.8 Å². The van der Waals surface area contributed by atoms with Gasteiger partial charge in [-0.3, -0.25) is 0 Å². The second-order valence-electron chi connectivity index (χ2n) is 6.41. The Balaban J connectivity index is 1.42. The molecule has 0 bridgehead atoms. The average molecular weight is 313 g/mol. The molecule has 0 unspecified atom stereocenters. The fraction of sp³-hybridized carbons (Fsp3) is 0.556. The predicted octanol–water partition coefficient (Wildman–Crippen LogP) is 2.17. The summed E-state index contributed by atoms with van der Waals surface area (Å²) in [4.78, 5) is 14.2. The smallest absolute Gasteiger partial charge is 0.317 e. The van der Waals surface area contributed by atoms with Gasteiger partial charge in [0.2, 0.25) is 0 Å². The molecule has 2 aliphatic rings. The van der Waals surface area contributed by atoms with E-state index in [2.05, 4.69) is 11.4 Å². The molecule has 0 radical (unpaired) electrons. The number of likely N-dealkylation sites (tertiary alicyclic amines) is 1. The zero-order valence-electron chi connectivity index (χ0n) is 13.3. The van der Waals surface area contributed by atoms with Crippen LogP contribution in [0.15, 0.2) is 24.3 Å². The lowest BCUT2D eigenvalue weighted by atomic mass is 9.91. The summed E-state index contributed by atoms with van der Waals surface area (Å²) in [5, 5.41) is 11.9. The van der Waals surface area contributed by atoms with E-state index in [-0.39, 0.29) is 6.03 Å². The second kappa shape index (κ2) is 7.47. The number of benzene rings is 1. The Kier molecular flexibility index (Phi) is 5.14. The monoisotopic (exact) mass is 313 g/mol. The topological polar surface area (TPSA) is 65.4 Å². The van der Waals surface area contributed by atoms with Crippen LogP contribution in [-0.2, 0) is 11.2 Å². The van der Waals surface area contributed by atoms with Crippen LogP contribution in [0.4, 0.5) is 4.79 Å². The summed E-state index contributed by atoms with van der Waals surface area (Å²) in [5.41, 5.74) is 1.74. The van der Waals surface area contributed by atoms with Crippen molar-refractivity contribution in [3.63, 3.8) is 0 Å². The van der Waals surface area contributed by atoms with Gasteiger partial charge < -0.3 is 15.0 Å². The Morgan fingerprint density at radius 2 is 2.30 bits per heavy atom. The third kappa shape index (κ3) is 4.02. The van der Waals surface area contributed by atoms with Gasteiger partial charge in [0.15, 0.2) is 0 Å².